The molecule has 0 spiro atoms. The maximum atomic E-state index is 10.6. The largest absolute Gasteiger partial charge is 0.476 e. The monoisotopic (exact) mass is 253 g/mol. The molecule has 1 saturated heterocycles. The second-order valence-electron chi connectivity index (χ2n) is 4.35. The van der Waals surface area contributed by atoms with Gasteiger partial charge < -0.3 is 10.4 Å². The zero-order valence-electron chi connectivity index (χ0n) is 9.64. The van der Waals surface area contributed by atoms with Crippen molar-refractivity contribution in [2.45, 2.75) is 24.5 Å². The number of nitrogens with one attached hydrogen (secondary N) is 1. The van der Waals surface area contributed by atoms with Gasteiger partial charge in [0.05, 0.1) is 12.4 Å². The molecule has 0 aromatic carbocycles. The quantitative estimate of drug-likeness (QED) is 0.853. The number of thioether (sulfide) groups is 1. The molecule has 92 valence electrons. The van der Waals surface area contributed by atoms with Gasteiger partial charge in [0.25, 0.3) is 0 Å². The minimum atomic E-state index is -1.05. The fourth-order valence-corrected chi connectivity index (χ4v) is 3.03. The molecule has 6 heteroatoms. The highest BCUT2D eigenvalue weighted by molar-refractivity contribution is 8.00. The van der Waals surface area contributed by atoms with Crippen LogP contribution in [0.1, 0.15) is 30.3 Å². The number of carboxylic acid groups (broad SMARTS) is 1. The first-order valence-electron chi connectivity index (χ1n) is 5.52. The number of carbonyl (C=O) groups is 1. The molecular weight excluding hydrogens is 238 g/mol. The van der Waals surface area contributed by atoms with Crippen LogP contribution in [0.2, 0.25) is 0 Å². The third-order valence-electron chi connectivity index (χ3n) is 2.81. The zero-order chi connectivity index (χ0) is 12.3. The molecule has 2 heterocycles. The van der Waals surface area contributed by atoms with Crippen LogP contribution in [0.15, 0.2) is 12.4 Å². The van der Waals surface area contributed by atoms with Gasteiger partial charge in [0, 0.05) is 11.3 Å². The molecule has 1 aliphatic rings. The first-order valence-corrected chi connectivity index (χ1v) is 6.51. The molecule has 0 bridgehead atoms. The van der Waals surface area contributed by atoms with Crippen molar-refractivity contribution < 1.29 is 9.90 Å². The molecule has 1 aromatic rings. The molecule has 1 aliphatic heterocycles. The van der Waals surface area contributed by atoms with Crippen LogP contribution in [0.25, 0.3) is 0 Å². The molecule has 1 aromatic heterocycles. The van der Waals surface area contributed by atoms with E-state index in [9.17, 15) is 4.79 Å². The van der Waals surface area contributed by atoms with Gasteiger partial charge in [-0.1, -0.05) is 0 Å². The Hall–Kier alpha value is -1.30. The first kappa shape index (κ1) is 12.2. The molecule has 1 atom stereocenters. The van der Waals surface area contributed by atoms with E-state index in [1.807, 2.05) is 11.8 Å². The van der Waals surface area contributed by atoms with E-state index in [1.54, 1.807) is 0 Å². The van der Waals surface area contributed by atoms with Crippen molar-refractivity contribution in [1.29, 1.82) is 0 Å². The summed E-state index contributed by atoms with van der Waals surface area (Å²) in [5.74, 6) is 0.785. The van der Waals surface area contributed by atoms with Gasteiger partial charge in [0.15, 0.2) is 5.69 Å². The summed E-state index contributed by atoms with van der Waals surface area (Å²) < 4.78 is 0.257. The van der Waals surface area contributed by atoms with Gasteiger partial charge in [0.1, 0.15) is 5.82 Å². The van der Waals surface area contributed by atoms with E-state index in [1.165, 1.54) is 31.0 Å². The number of anilines is 1. The number of hydrogen-bond acceptors (Lipinski definition) is 5. The van der Waals surface area contributed by atoms with Gasteiger partial charge in [-0.15, -0.1) is 0 Å². The Balaban J connectivity index is 1.93. The molecule has 2 N–H and O–H groups in total. The van der Waals surface area contributed by atoms with Crippen molar-refractivity contribution in [3.8, 4) is 0 Å². The van der Waals surface area contributed by atoms with Gasteiger partial charge in [-0.3, -0.25) is 0 Å². The Labute approximate surface area is 104 Å². The smallest absolute Gasteiger partial charge is 0.356 e. The Morgan fingerprint density at radius 3 is 2.94 bits per heavy atom. The first-order chi connectivity index (χ1) is 8.09. The highest BCUT2D eigenvalue weighted by Crippen LogP contribution is 2.37. The highest BCUT2D eigenvalue weighted by Gasteiger charge is 2.29. The van der Waals surface area contributed by atoms with E-state index < -0.39 is 5.97 Å². The van der Waals surface area contributed by atoms with Gasteiger partial charge in [-0.25, -0.2) is 14.8 Å². The molecule has 0 saturated carbocycles. The summed E-state index contributed by atoms with van der Waals surface area (Å²) >= 11 is 1.97. The molecule has 0 aliphatic carbocycles. The van der Waals surface area contributed by atoms with Crippen LogP contribution in [-0.2, 0) is 0 Å². The Morgan fingerprint density at radius 1 is 1.59 bits per heavy atom. The molecule has 2 rings (SSSR count). The summed E-state index contributed by atoms with van der Waals surface area (Å²) in [6, 6.07) is 0. The van der Waals surface area contributed by atoms with Crippen molar-refractivity contribution in [3.05, 3.63) is 18.1 Å². The van der Waals surface area contributed by atoms with Crippen molar-refractivity contribution >= 4 is 23.5 Å². The van der Waals surface area contributed by atoms with Crippen molar-refractivity contribution in [2.75, 3.05) is 17.6 Å². The van der Waals surface area contributed by atoms with Crippen LogP contribution in [0.4, 0.5) is 5.82 Å². The Bertz CT molecular complexity index is 402. The summed E-state index contributed by atoms with van der Waals surface area (Å²) in [7, 11) is 0. The SMILES string of the molecule is CC1(CNc2cnc(C(=O)O)cn2)CCCS1. The fraction of sp³-hybridized carbons (Fsp3) is 0.545. The maximum Gasteiger partial charge on any atom is 0.356 e. The predicted molar refractivity (Wildman–Crippen MR) is 67.6 cm³/mol. The van der Waals surface area contributed by atoms with E-state index in [2.05, 4.69) is 22.2 Å². The second-order valence-corrected chi connectivity index (χ2v) is 6.03. The lowest BCUT2D eigenvalue weighted by molar-refractivity contribution is 0.0690. The lowest BCUT2D eigenvalue weighted by Gasteiger charge is -2.22. The van der Waals surface area contributed by atoms with E-state index in [4.69, 9.17) is 5.11 Å². The summed E-state index contributed by atoms with van der Waals surface area (Å²) in [5.41, 5.74) is -0.0306. The minimum Gasteiger partial charge on any atom is -0.476 e. The molecular formula is C11H15N3O2S. The molecule has 0 amide bonds. The lowest BCUT2D eigenvalue weighted by Crippen LogP contribution is -2.27. The van der Waals surface area contributed by atoms with E-state index in [-0.39, 0.29) is 10.4 Å². The number of aromatic nitrogens is 2. The average Bonchev–Trinajstić information content (AvgIpc) is 2.75. The summed E-state index contributed by atoms with van der Waals surface area (Å²) in [5, 5.41) is 11.9. The van der Waals surface area contributed by atoms with Crippen LogP contribution >= 0.6 is 11.8 Å². The van der Waals surface area contributed by atoms with Crippen LogP contribution < -0.4 is 5.32 Å². The third-order valence-corrected chi connectivity index (χ3v) is 4.35. The number of rotatable bonds is 4. The van der Waals surface area contributed by atoms with Crippen LogP contribution in [0.3, 0.4) is 0 Å². The van der Waals surface area contributed by atoms with Crippen molar-refractivity contribution in [3.63, 3.8) is 0 Å². The van der Waals surface area contributed by atoms with Crippen LogP contribution in [-0.4, -0.2) is 38.1 Å². The van der Waals surface area contributed by atoms with E-state index >= 15 is 0 Å². The van der Waals surface area contributed by atoms with Gasteiger partial charge in [-0.05, 0) is 25.5 Å². The van der Waals surface area contributed by atoms with E-state index in [0.29, 0.717) is 5.82 Å². The molecule has 1 unspecified atom stereocenters. The van der Waals surface area contributed by atoms with Crippen molar-refractivity contribution in [2.24, 2.45) is 0 Å². The lowest BCUT2D eigenvalue weighted by atomic mass is 10.1. The fourth-order valence-electron chi connectivity index (χ4n) is 1.78. The third kappa shape index (κ3) is 3.09. The Kier molecular flexibility index (Phi) is 3.51. The topological polar surface area (TPSA) is 75.1 Å². The molecule has 1 fully saturated rings. The maximum absolute atomic E-state index is 10.6. The van der Waals surface area contributed by atoms with Crippen molar-refractivity contribution in [1.82, 2.24) is 9.97 Å². The van der Waals surface area contributed by atoms with Gasteiger partial charge in [0.2, 0.25) is 0 Å². The number of aromatic carboxylic acids is 1. The number of nitrogens with zero attached hydrogens (tertiary/aromatic N) is 2. The minimum absolute atomic E-state index is 0.0306. The van der Waals surface area contributed by atoms with E-state index in [0.717, 1.165) is 6.54 Å². The highest BCUT2D eigenvalue weighted by atomic mass is 32.2. The standard InChI is InChI=1S/C11H15N3O2S/c1-11(3-2-4-17-11)7-14-9-6-12-8(5-13-9)10(15)16/h5-6H,2-4,7H2,1H3,(H,13,14)(H,15,16). The molecule has 17 heavy (non-hydrogen) atoms. The normalized spacial score (nSPS) is 23.6. The predicted octanol–water partition coefficient (Wildman–Crippen LogP) is 1.87. The summed E-state index contributed by atoms with van der Waals surface area (Å²) in [4.78, 5) is 18.4. The zero-order valence-corrected chi connectivity index (χ0v) is 10.5. The van der Waals surface area contributed by atoms with Gasteiger partial charge in [-0.2, -0.15) is 11.8 Å². The molecule has 0 radical (unpaired) electrons. The summed E-state index contributed by atoms with van der Waals surface area (Å²) in [6.45, 7) is 3.06. The average molecular weight is 253 g/mol. The van der Waals surface area contributed by atoms with Crippen LogP contribution in [0, 0.1) is 0 Å². The van der Waals surface area contributed by atoms with Gasteiger partial charge >= 0.3 is 5.97 Å². The summed E-state index contributed by atoms with van der Waals surface area (Å²) in [6.07, 6.45) is 5.19. The second kappa shape index (κ2) is 4.91. The number of hydrogen-bond donors (Lipinski definition) is 2. The Morgan fingerprint density at radius 2 is 2.41 bits per heavy atom. The van der Waals surface area contributed by atoms with Crippen LogP contribution in [0.5, 0.6) is 0 Å². The number of carboxylic acids is 1. The molecule has 5 nitrogen and oxygen atoms in total.